The topological polar surface area (TPSA) is 94.2 Å². The maximum absolute atomic E-state index is 12.9. The Balaban J connectivity index is 1.36. The molecule has 2 aromatic rings. The van der Waals surface area contributed by atoms with E-state index in [4.69, 9.17) is 14.2 Å². The van der Waals surface area contributed by atoms with Crippen molar-refractivity contribution in [2.45, 2.75) is 23.0 Å². The molecule has 0 radical (unpaired) electrons. The summed E-state index contributed by atoms with van der Waals surface area (Å²) >= 11 is 0. The highest BCUT2D eigenvalue weighted by atomic mass is 32.2. The molecule has 9 heteroatoms. The Bertz CT molecular complexity index is 998. The lowest BCUT2D eigenvalue weighted by Gasteiger charge is -2.31. The summed E-state index contributed by atoms with van der Waals surface area (Å²) in [5.41, 5.74) is 0.604. The van der Waals surface area contributed by atoms with Gasteiger partial charge in [0.2, 0.25) is 6.79 Å². The lowest BCUT2D eigenvalue weighted by molar-refractivity contribution is 0.174. The quantitative estimate of drug-likeness (QED) is 0.821. The highest BCUT2D eigenvalue weighted by Gasteiger charge is 2.32. The molecule has 0 saturated carbocycles. The Morgan fingerprint density at radius 3 is 2.45 bits per heavy atom. The number of piperidine rings is 1. The van der Waals surface area contributed by atoms with Gasteiger partial charge in [0.1, 0.15) is 5.75 Å². The SMILES string of the molecule is COc1ccc(S(=O)(=O)C2CCN(C(=O)Nc3ccc4c(c3)OCO4)CC2)cc1. The van der Waals surface area contributed by atoms with Gasteiger partial charge in [-0.2, -0.15) is 0 Å². The van der Waals surface area contributed by atoms with Gasteiger partial charge in [0, 0.05) is 24.8 Å². The highest BCUT2D eigenvalue weighted by Crippen LogP contribution is 2.34. The van der Waals surface area contributed by atoms with E-state index in [9.17, 15) is 13.2 Å². The van der Waals surface area contributed by atoms with Crippen molar-refractivity contribution in [3.8, 4) is 17.2 Å². The summed E-state index contributed by atoms with van der Waals surface area (Å²) < 4.78 is 41.4. The van der Waals surface area contributed by atoms with Crippen molar-refractivity contribution in [1.82, 2.24) is 4.90 Å². The van der Waals surface area contributed by atoms with Crippen molar-refractivity contribution in [3.05, 3.63) is 42.5 Å². The van der Waals surface area contributed by atoms with Crippen LogP contribution in [0.15, 0.2) is 47.4 Å². The number of benzene rings is 2. The van der Waals surface area contributed by atoms with Gasteiger partial charge >= 0.3 is 6.03 Å². The third-order valence-electron chi connectivity index (χ3n) is 5.18. The minimum absolute atomic E-state index is 0.170. The van der Waals surface area contributed by atoms with Gasteiger partial charge in [-0.3, -0.25) is 0 Å². The van der Waals surface area contributed by atoms with E-state index < -0.39 is 15.1 Å². The lowest BCUT2D eigenvalue weighted by Crippen LogP contribution is -2.44. The van der Waals surface area contributed by atoms with E-state index in [0.717, 1.165) is 0 Å². The number of urea groups is 1. The molecule has 2 heterocycles. The van der Waals surface area contributed by atoms with E-state index in [0.29, 0.717) is 48.9 Å². The molecule has 2 aliphatic heterocycles. The van der Waals surface area contributed by atoms with E-state index in [1.807, 2.05) is 0 Å². The molecule has 0 atom stereocenters. The van der Waals surface area contributed by atoms with Gasteiger partial charge in [-0.05, 0) is 49.2 Å². The molecule has 0 spiro atoms. The van der Waals surface area contributed by atoms with Crippen molar-refractivity contribution in [2.75, 3.05) is 32.3 Å². The van der Waals surface area contributed by atoms with Crippen LogP contribution in [0.4, 0.5) is 10.5 Å². The number of nitrogens with one attached hydrogen (secondary N) is 1. The zero-order valence-electron chi connectivity index (χ0n) is 16.0. The molecule has 1 fully saturated rings. The first-order valence-corrected chi connectivity index (χ1v) is 10.9. The summed E-state index contributed by atoms with van der Waals surface area (Å²) in [6, 6.07) is 11.3. The molecule has 2 amide bonds. The molecule has 0 aliphatic carbocycles. The fourth-order valence-corrected chi connectivity index (χ4v) is 5.24. The Labute approximate surface area is 169 Å². The average Bonchev–Trinajstić information content (AvgIpc) is 3.22. The average molecular weight is 418 g/mol. The fraction of sp³-hybridized carbons (Fsp3) is 0.350. The zero-order chi connectivity index (χ0) is 20.4. The van der Waals surface area contributed by atoms with Crippen LogP contribution in [-0.2, 0) is 9.84 Å². The van der Waals surface area contributed by atoms with E-state index in [2.05, 4.69) is 5.32 Å². The van der Waals surface area contributed by atoms with E-state index in [1.54, 1.807) is 47.4 Å². The van der Waals surface area contributed by atoms with Crippen molar-refractivity contribution in [1.29, 1.82) is 0 Å². The molecule has 29 heavy (non-hydrogen) atoms. The van der Waals surface area contributed by atoms with Crippen molar-refractivity contribution < 1.29 is 27.4 Å². The van der Waals surface area contributed by atoms with Crippen molar-refractivity contribution >= 4 is 21.6 Å². The number of carbonyl (C=O) groups is 1. The third-order valence-corrected chi connectivity index (χ3v) is 7.46. The third kappa shape index (κ3) is 3.95. The van der Waals surface area contributed by atoms with Gasteiger partial charge in [0.15, 0.2) is 21.3 Å². The largest absolute Gasteiger partial charge is 0.497 e. The highest BCUT2D eigenvalue weighted by molar-refractivity contribution is 7.92. The zero-order valence-corrected chi connectivity index (χ0v) is 16.8. The van der Waals surface area contributed by atoms with E-state index in [-0.39, 0.29) is 17.7 Å². The van der Waals surface area contributed by atoms with Crippen LogP contribution >= 0.6 is 0 Å². The lowest BCUT2D eigenvalue weighted by atomic mass is 10.1. The molecule has 1 saturated heterocycles. The smallest absolute Gasteiger partial charge is 0.321 e. The Hall–Kier alpha value is -2.94. The monoisotopic (exact) mass is 418 g/mol. The molecule has 8 nitrogen and oxygen atoms in total. The number of hydrogen-bond acceptors (Lipinski definition) is 6. The van der Waals surface area contributed by atoms with Crippen LogP contribution in [-0.4, -0.2) is 51.6 Å². The number of amides is 2. The number of hydrogen-bond donors (Lipinski definition) is 1. The van der Waals surface area contributed by atoms with Crippen molar-refractivity contribution in [3.63, 3.8) is 0 Å². The molecular formula is C20H22N2O6S. The van der Waals surface area contributed by atoms with E-state index in [1.165, 1.54) is 7.11 Å². The number of methoxy groups -OCH3 is 1. The summed E-state index contributed by atoms with van der Waals surface area (Å²) in [5.74, 6) is 1.85. The predicted octanol–water partition coefficient (Wildman–Crippen LogP) is 2.89. The number of sulfone groups is 1. The molecule has 0 aromatic heterocycles. The first kappa shape index (κ1) is 19.4. The summed E-state index contributed by atoms with van der Waals surface area (Å²) in [6.45, 7) is 0.912. The first-order chi connectivity index (χ1) is 14.0. The van der Waals surface area contributed by atoms with Crippen molar-refractivity contribution in [2.24, 2.45) is 0 Å². The summed E-state index contributed by atoms with van der Waals surface area (Å²) in [7, 11) is -1.91. The number of rotatable bonds is 4. The van der Waals surface area contributed by atoms with Crippen LogP contribution in [0.25, 0.3) is 0 Å². The number of likely N-dealkylation sites (tertiary alicyclic amines) is 1. The number of ether oxygens (including phenoxy) is 3. The van der Waals surface area contributed by atoms with Crippen LogP contribution in [0.2, 0.25) is 0 Å². The maximum Gasteiger partial charge on any atom is 0.321 e. The van der Waals surface area contributed by atoms with Crippen LogP contribution in [0.5, 0.6) is 17.2 Å². The predicted molar refractivity (Wildman–Crippen MR) is 106 cm³/mol. The Morgan fingerprint density at radius 1 is 1.07 bits per heavy atom. The molecule has 2 aromatic carbocycles. The van der Waals surface area contributed by atoms with Crippen LogP contribution in [0.3, 0.4) is 0 Å². The van der Waals surface area contributed by atoms with Crippen LogP contribution < -0.4 is 19.5 Å². The summed E-state index contributed by atoms with van der Waals surface area (Å²) in [4.78, 5) is 14.5. The number of fused-ring (bicyclic) bond motifs is 1. The molecule has 2 aliphatic rings. The second-order valence-corrected chi connectivity index (χ2v) is 9.13. The summed E-state index contributed by atoms with van der Waals surface area (Å²) in [5, 5.41) is 2.32. The first-order valence-electron chi connectivity index (χ1n) is 9.31. The molecule has 0 unspecified atom stereocenters. The van der Waals surface area contributed by atoms with Crippen LogP contribution in [0.1, 0.15) is 12.8 Å². The van der Waals surface area contributed by atoms with Gasteiger partial charge < -0.3 is 24.4 Å². The molecular weight excluding hydrogens is 396 g/mol. The van der Waals surface area contributed by atoms with Gasteiger partial charge in [0.05, 0.1) is 17.3 Å². The normalized spacial score (nSPS) is 16.5. The van der Waals surface area contributed by atoms with E-state index >= 15 is 0 Å². The molecule has 154 valence electrons. The number of carbonyl (C=O) groups excluding carboxylic acids is 1. The standard InChI is InChI=1S/C20H22N2O6S/c1-26-15-3-5-16(6-4-15)29(24,25)17-8-10-22(11-9-17)20(23)21-14-2-7-18-19(12-14)28-13-27-18/h2-7,12,17H,8-11,13H2,1H3,(H,21,23). The number of anilines is 1. The minimum atomic E-state index is -3.45. The van der Waals surface area contributed by atoms with Crippen LogP contribution in [0, 0.1) is 0 Å². The van der Waals surface area contributed by atoms with Gasteiger partial charge in [-0.1, -0.05) is 0 Å². The number of nitrogens with zero attached hydrogens (tertiary/aromatic N) is 1. The molecule has 0 bridgehead atoms. The Morgan fingerprint density at radius 2 is 1.76 bits per heavy atom. The van der Waals surface area contributed by atoms with Gasteiger partial charge in [-0.25, -0.2) is 13.2 Å². The summed E-state index contributed by atoms with van der Waals surface area (Å²) in [6.07, 6.45) is 0.784. The van der Waals surface area contributed by atoms with Gasteiger partial charge in [-0.15, -0.1) is 0 Å². The Kier molecular flexibility index (Phi) is 5.23. The maximum atomic E-state index is 12.9. The molecule has 4 rings (SSSR count). The fourth-order valence-electron chi connectivity index (χ4n) is 3.50. The van der Waals surface area contributed by atoms with Gasteiger partial charge in [0.25, 0.3) is 0 Å². The molecule has 1 N–H and O–H groups in total. The minimum Gasteiger partial charge on any atom is -0.497 e. The second kappa shape index (κ2) is 7.82. The second-order valence-electron chi connectivity index (χ2n) is 6.91.